The first kappa shape index (κ1) is 24.7. The van der Waals surface area contributed by atoms with Crippen LogP contribution in [-0.4, -0.2) is 39.5 Å². The van der Waals surface area contributed by atoms with Gasteiger partial charge in [0.05, 0.1) is 18.4 Å². The summed E-state index contributed by atoms with van der Waals surface area (Å²) in [5, 5.41) is 15.0. The fourth-order valence-electron chi connectivity index (χ4n) is 4.03. The number of esters is 1. The monoisotopic (exact) mass is 516 g/mol. The van der Waals surface area contributed by atoms with Gasteiger partial charge in [-0.2, -0.15) is 0 Å². The molecule has 1 aliphatic rings. The summed E-state index contributed by atoms with van der Waals surface area (Å²) in [6.07, 6.45) is 7.85. The van der Waals surface area contributed by atoms with E-state index in [1.165, 1.54) is 40.0 Å². The van der Waals surface area contributed by atoms with E-state index in [2.05, 4.69) is 40.5 Å². The van der Waals surface area contributed by atoms with Gasteiger partial charge in [-0.1, -0.05) is 31.2 Å². The Morgan fingerprint density at radius 3 is 2.85 bits per heavy atom. The van der Waals surface area contributed by atoms with Crippen LogP contribution >= 0.6 is 34.4 Å². The molecule has 0 aromatic carbocycles. The van der Waals surface area contributed by atoms with Crippen molar-refractivity contribution in [1.29, 1.82) is 0 Å². The average Bonchev–Trinajstić information content (AvgIpc) is 3.51. The number of hydrogen-bond acceptors (Lipinski definition) is 8. The standard InChI is InChI=1S/C24H28N4O3S3/c1-4-11-28-21(15-12-16(5-2)32-13-15)26-27-24(28)33-14-19(29)25-22-20(23(30)31-3)17-9-7-6-8-10-18(17)34-22/h4,12-13H,1,5-11,14H2,2-3H3,(H,25,29). The van der Waals surface area contributed by atoms with Gasteiger partial charge in [-0.25, -0.2) is 4.79 Å². The van der Waals surface area contributed by atoms with Gasteiger partial charge >= 0.3 is 5.97 Å². The molecule has 0 saturated carbocycles. The largest absolute Gasteiger partial charge is 0.465 e. The van der Waals surface area contributed by atoms with Crippen LogP contribution in [-0.2, 0) is 35.3 Å². The van der Waals surface area contributed by atoms with Crippen LogP contribution in [0.15, 0.2) is 29.3 Å². The number of anilines is 1. The minimum atomic E-state index is -0.389. The van der Waals surface area contributed by atoms with Crippen LogP contribution in [0.5, 0.6) is 0 Å². The minimum Gasteiger partial charge on any atom is -0.465 e. The van der Waals surface area contributed by atoms with Crippen LogP contribution in [0.1, 0.15) is 51.9 Å². The Kier molecular flexibility index (Phi) is 8.23. The second-order valence-corrected chi connectivity index (χ2v) is 11.0. The number of aromatic nitrogens is 3. The number of thiophene rings is 2. The number of amides is 1. The molecule has 34 heavy (non-hydrogen) atoms. The van der Waals surface area contributed by atoms with E-state index >= 15 is 0 Å². The summed E-state index contributed by atoms with van der Waals surface area (Å²) in [7, 11) is 1.38. The van der Waals surface area contributed by atoms with Gasteiger partial charge in [-0.15, -0.1) is 39.4 Å². The number of methoxy groups -OCH3 is 1. The molecule has 1 aliphatic carbocycles. The van der Waals surface area contributed by atoms with E-state index in [1.807, 2.05) is 4.57 Å². The number of hydrogen-bond donors (Lipinski definition) is 1. The molecule has 0 atom stereocenters. The number of allylic oxidation sites excluding steroid dienone is 1. The molecule has 0 fully saturated rings. The summed E-state index contributed by atoms with van der Waals surface area (Å²) in [5.74, 6) is 0.348. The molecule has 0 radical (unpaired) electrons. The van der Waals surface area contributed by atoms with Crippen molar-refractivity contribution in [3.63, 3.8) is 0 Å². The van der Waals surface area contributed by atoms with Crippen molar-refractivity contribution in [2.75, 3.05) is 18.2 Å². The molecule has 180 valence electrons. The molecule has 4 rings (SSSR count). The highest BCUT2D eigenvalue weighted by Gasteiger charge is 2.26. The highest BCUT2D eigenvalue weighted by molar-refractivity contribution is 7.99. The Balaban J connectivity index is 1.49. The number of nitrogens with one attached hydrogen (secondary N) is 1. The number of fused-ring (bicyclic) bond motifs is 1. The average molecular weight is 517 g/mol. The third-order valence-corrected chi connectivity index (χ3v) is 8.94. The third kappa shape index (κ3) is 5.29. The normalized spacial score (nSPS) is 13.2. The van der Waals surface area contributed by atoms with Crippen molar-refractivity contribution in [3.05, 3.63) is 45.0 Å². The maximum atomic E-state index is 12.9. The van der Waals surface area contributed by atoms with Crippen LogP contribution in [0.3, 0.4) is 0 Å². The predicted molar refractivity (Wildman–Crippen MR) is 139 cm³/mol. The lowest BCUT2D eigenvalue weighted by atomic mass is 10.1. The van der Waals surface area contributed by atoms with Crippen LogP contribution in [0.2, 0.25) is 0 Å². The van der Waals surface area contributed by atoms with Crippen molar-refractivity contribution < 1.29 is 14.3 Å². The van der Waals surface area contributed by atoms with Crippen molar-refractivity contribution in [2.24, 2.45) is 0 Å². The van der Waals surface area contributed by atoms with Crippen molar-refractivity contribution >= 4 is 51.3 Å². The van der Waals surface area contributed by atoms with E-state index in [4.69, 9.17) is 4.74 Å². The third-order valence-electron chi connectivity index (χ3n) is 5.69. The first-order chi connectivity index (χ1) is 16.5. The molecule has 3 aromatic rings. The Hall–Kier alpha value is -2.43. The van der Waals surface area contributed by atoms with Crippen LogP contribution in [0.25, 0.3) is 11.4 Å². The topological polar surface area (TPSA) is 86.1 Å². The Labute approximate surface area is 211 Å². The second-order valence-electron chi connectivity index (χ2n) is 7.96. The van der Waals surface area contributed by atoms with E-state index in [9.17, 15) is 9.59 Å². The molecular formula is C24H28N4O3S3. The maximum Gasteiger partial charge on any atom is 0.341 e. The number of thioether (sulfide) groups is 1. The summed E-state index contributed by atoms with van der Waals surface area (Å²) in [6.45, 7) is 6.53. The van der Waals surface area contributed by atoms with Crippen LogP contribution < -0.4 is 5.32 Å². The van der Waals surface area contributed by atoms with Crippen LogP contribution in [0.4, 0.5) is 5.00 Å². The molecule has 10 heteroatoms. The van der Waals surface area contributed by atoms with Gasteiger partial charge < -0.3 is 10.1 Å². The van der Waals surface area contributed by atoms with Crippen molar-refractivity contribution in [1.82, 2.24) is 14.8 Å². The molecule has 1 N–H and O–H groups in total. The smallest absolute Gasteiger partial charge is 0.341 e. The molecule has 0 unspecified atom stereocenters. The zero-order chi connectivity index (χ0) is 24.1. The van der Waals surface area contributed by atoms with Crippen molar-refractivity contribution in [3.8, 4) is 11.4 Å². The summed E-state index contributed by atoms with van der Waals surface area (Å²) in [4.78, 5) is 27.8. The molecular weight excluding hydrogens is 488 g/mol. The number of carbonyl (C=O) groups excluding carboxylic acids is 2. The zero-order valence-corrected chi connectivity index (χ0v) is 21.8. The van der Waals surface area contributed by atoms with Gasteiger partial charge in [-0.05, 0) is 43.7 Å². The van der Waals surface area contributed by atoms with Gasteiger partial charge in [0.25, 0.3) is 0 Å². The maximum absolute atomic E-state index is 12.9. The predicted octanol–water partition coefficient (Wildman–Crippen LogP) is 5.60. The minimum absolute atomic E-state index is 0.155. The number of nitrogens with zero attached hydrogens (tertiary/aromatic N) is 3. The lowest BCUT2D eigenvalue weighted by molar-refractivity contribution is -0.113. The SMILES string of the molecule is C=CCn1c(SCC(=O)Nc2sc3c(c2C(=O)OC)CCCCC3)nnc1-c1csc(CC)c1. The summed E-state index contributed by atoms with van der Waals surface area (Å²) >= 11 is 4.52. The zero-order valence-electron chi connectivity index (χ0n) is 19.4. The van der Waals surface area contributed by atoms with Gasteiger partial charge in [-0.3, -0.25) is 9.36 Å². The van der Waals surface area contributed by atoms with E-state index in [-0.39, 0.29) is 17.6 Å². The fraction of sp³-hybridized carbons (Fsp3) is 0.417. The molecule has 3 aromatic heterocycles. The molecule has 0 aliphatic heterocycles. The van der Waals surface area contributed by atoms with Gasteiger partial charge in [0.2, 0.25) is 5.91 Å². The number of aryl methyl sites for hydroxylation is 2. The van der Waals surface area contributed by atoms with E-state index in [1.54, 1.807) is 17.4 Å². The molecule has 1 amide bonds. The lowest BCUT2D eigenvalue weighted by Crippen LogP contribution is -2.16. The molecule has 0 bridgehead atoms. The Bertz CT molecular complexity index is 1190. The fourth-order valence-corrected chi connectivity index (χ4v) is 6.88. The van der Waals surface area contributed by atoms with Gasteiger partial charge in [0.1, 0.15) is 5.00 Å². The Morgan fingerprint density at radius 1 is 1.29 bits per heavy atom. The summed E-state index contributed by atoms with van der Waals surface area (Å²) in [6, 6.07) is 2.13. The number of carbonyl (C=O) groups is 2. The summed E-state index contributed by atoms with van der Waals surface area (Å²) in [5.41, 5.74) is 2.58. The quantitative estimate of drug-likeness (QED) is 0.172. The number of rotatable bonds is 9. The molecule has 0 saturated heterocycles. The molecule has 3 heterocycles. The van der Waals surface area contributed by atoms with Crippen LogP contribution in [0, 0.1) is 0 Å². The first-order valence-electron chi connectivity index (χ1n) is 11.3. The highest BCUT2D eigenvalue weighted by Crippen LogP contribution is 2.38. The highest BCUT2D eigenvalue weighted by atomic mass is 32.2. The van der Waals surface area contributed by atoms with Crippen molar-refractivity contribution in [2.45, 2.75) is 57.1 Å². The van der Waals surface area contributed by atoms with Gasteiger partial charge in [0.15, 0.2) is 11.0 Å². The van der Waals surface area contributed by atoms with E-state index in [0.29, 0.717) is 22.3 Å². The first-order valence-corrected chi connectivity index (χ1v) is 14.0. The lowest BCUT2D eigenvalue weighted by Gasteiger charge is -2.08. The molecule has 7 nitrogen and oxygen atoms in total. The second kappa shape index (κ2) is 11.3. The van der Waals surface area contributed by atoms with Gasteiger partial charge in [0, 0.05) is 27.2 Å². The number of ether oxygens (including phenoxy) is 1. The van der Waals surface area contributed by atoms with E-state index in [0.717, 1.165) is 55.5 Å². The molecule has 0 spiro atoms. The van der Waals surface area contributed by atoms with E-state index < -0.39 is 0 Å². The summed E-state index contributed by atoms with van der Waals surface area (Å²) < 4.78 is 7.00. The Morgan fingerprint density at radius 2 is 2.12 bits per heavy atom.